The zero-order chi connectivity index (χ0) is 9.26. The van der Waals surface area contributed by atoms with Crippen LogP contribution in [0.25, 0.3) is 10.8 Å². The number of hydrogen-bond donors (Lipinski definition) is 0. The molecule has 0 aliphatic rings. The largest absolute Gasteiger partial charge is 0.277 e. The molecule has 14 heavy (non-hydrogen) atoms. The summed E-state index contributed by atoms with van der Waals surface area (Å²) in [6.07, 6.45) is 0. The maximum absolute atomic E-state index is 10.6. The van der Waals surface area contributed by atoms with Crippen molar-refractivity contribution < 1.29 is 22.0 Å². The molecule has 2 aromatic rings. The summed E-state index contributed by atoms with van der Waals surface area (Å²) in [6, 6.07) is 12.4. The fraction of sp³-hybridized carbons (Fsp3) is 0. The number of benzene rings is 2. The van der Waals surface area contributed by atoms with E-state index in [-0.39, 0.29) is 27.7 Å². The van der Waals surface area contributed by atoms with Crippen LogP contribution in [-0.4, -0.2) is 4.92 Å². The van der Waals surface area contributed by atoms with Gasteiger partial charge in [-0.05, 0) is 11.5 Å². The van der Waals surface area contributed by atoms with Crippen LogP contribution < -0.4 is 0 Å². The SMILES string of the molecule is O=[N+]([O-])c1cccc2ccccc12.[Fe]. The molecule has 3 nitrogen and oxygen atoms in total. The molecule has 0 radical (unpaired) electrons. The van der Waals surface area contributed by atoms with Crippen LogP contribution >= 0.6 is 0 Å². The van der Waals surface area contributed by atoms with Gasteiger partial charge in [-0.25, -0.2) is 0 Å². The molecule has 0 fully saturated rings. The molecule has 0 aliphatic heterocycles. The molecule has 4 heteroatoms. The molecule has 0 N–H and O–H groups in total. The van der Waals surface area contributed by atoms with Gasteiger partial charge in [-0.3, -0.25) is 10.1 Å². The van der Waals surface area contributed by atoms with Gasteiger partial charge in [0.15, 0.2) is 0 Å². The van der Waals surface area contributed by atoms with Crippen molar-refractivity contribution in [2.45, 2.75) is 0 Å². The van der Waals surface area contributed by atoms with Gasteiger partial charge in [0, 0.05) is 23.1 Å². The van der Waals surface area contributed by atoms with Gasteiger partial charge < -0.3 is 0 Å². The first kappa shape index (κ1) is 10.7. The minimum absolute atomic E-state index is 0. The summed E-state index contributed by atoms with van der Waals surface area (Å²) < 4.78 is 0. The molecule has 0 aromatic heterocycles. The normalized spacial score (nSPS) is 9.43. The van der Waals surface area contributed by atoms with E-state index in [4.69, 9.17) is 0 Å². The van der Waals surface area contributed by atoms with Crippen molar-refractivity contribution in [1.82, 2.24) is 0 Å². The van der Waals surface area contributed by atoms with Crippen molar-refractivity contribution in [1.29, 1.82) is 0 Å². The Labute approximate surface area is 91.4 Å². The molecular formula is C10H7FeNO2. The monoisotopic (exact) mass is 229 g/mol. The van der Waals surface area contributed by atoms with E-state index in [1.165, 1.54) is 6.07 Å². The molecule has 0 saturated carbocycles. The second kappa shape index (κ2) is 4.22. The third-order valence-electron chi connectivity index (χ3n) is 1.96. The Bertz CT molecular complexity index is 465. The van der Waals surface area contributed by atoms with E-state index in [1.807, 2.05) is 18.2 Å². The number of nitro benzene ring substituents is 1. The number of nitrogens with zero attached hydrogens (tertiary/aromatic N) is 1. The Balaban J connectivity index is 0.000000980. The van der Waals surface area contributed by atoms with Gasteiger partial charge in [0.05, 0.1) is 10.3 Å². The molecule has 0 heterocycles. The van der Waals surface area contributed by atoms with Gasteiger partial charge in [0.1, 0.15) is 0 Å². The van der Waals surface area contributed by atoms with E-state index in [9.17, 15) is 10.1 Å². The van der Waals surface area contributed by atoms with Crippen molar-refractivity contribution in [3.8, 4) is 0 Å². The van der Waals surface area contributed by atoms with Crippen LogP contribution in [0, 0.1) is 10.1 Å². The average Bonchev–Trinajstić information content (AvgIpc) is 2.17. The molecule has 0 unspecified atom stereocenters. The van der Waals surface area contributed by atoms with Gasteiger partial charge in [0.2, 0.25) is 0 Å². The zero-order valence-electron chi connectivity index (χ0n) is 7.16. The Morgan fingerprint density at radius 1 is 1.00 bits per heavy atom. The summed E-state index contributed by atoms with van der Waals surface area (Å²) >= 11 is 0. The first-order valence-corrected chi connectivity index (χ1v) is 3.91. The molecular weight excluding hydrogens is 222 g/mol. The Morgan fingerprint density at radius 2 is 1.64 bits per heavy atom. The van der Waals surface area contributed by atoms with Crippen LogP contribution in [-0.2, 0) is 17.1 Å². The molecule has 0 bridgehead atoms. The Kier molecular flexibility index (Phi) is 3.23. The van der Waals surface area contributed by atoms with Gasteiger partial charge >= 0.3 is 0 Å². The number of non-ortho nitro benzene ring substituents is 1. The number of rotatable bonds is 1. The molecule has 0 spiro atoms. The van der Waals surface area contributed by atoms with E-state index in [0.29, 0.717) is 5.39 Å². The Morgan fingerprint density at radius 3 is 2.36 bits per heavy atom. The fourth-order valence-corrected chi connectivity index (χ4v) is 1.37. The second-order valence-electron chi connectivity index (χ2n) is 2.76. The number of hydrogen-bond acceptors (Lipinski definition) is 2. The molecule has 0 amide bonds. The molecule has 2 aromatic carbocycles. The second-order valence-corrected chi connectivity index (χ2v) is 2.76. The van der Waals surface area contributed by atoms with Crippen molar-refractivity contribution in [2.24, 2.45) is 0 Å². The maximum atomic E-state index is 10.6. The third-order valence-corrected chi connectivity index (χ3v) is 1.96. The summed E-state index contributed by atoms with van der Waals surface area (Å²) in [6.45, 7) is 0. The molecule has 2 rings (SSSR count). The van der Waals surface area contributed by atoms with Crippen LogP contribution in [0.3, 0.4) is 0 Å². The van der Waals surface area contributed by atoms with E-state index in [0.717, 1.165) is 5.39 Å². The fourth-order valence-electron chi connectivity index (χ4n) is 1.37. The van der Waals surface area contributed by atoms with E-state index >= 15 is 0 Å². The Hall–Kier alpha value is -1.38. The first-order chi connectivity index (χ1) is 6.29. The maximum Gasteiger partial charge on any atom is 0.277 e. The quantitative estimate of drug-likeness (QED) is 0.428. The van der Waals surface area contributed by atoms with Crippen LogP contribution in [0.1, 0.15) is 0 Å². The molecule has 0 saturated heterocycles. The average molecular weight is 229 g/mol. The summed E-state index contributed by atoms with van der Waals surface area (Å²) in [4.78, 5) is 10.3. The number of fused-ring (bicyclic) bond motifs is 1. The van der Waals surface area contributed by atoms with Crippen LogP contribution in [0.2, 0.25) is 0 Å². The van der Waals surface area contributed by atoms with Gasteiger partial charge in [-0.15, -0.1) is 0 Å². The molecule has 0 atom stereocenters. The summed E-state index contributed by atoms with van der Waals surface area (Å²) in [5.74, 6) is 0. The van der Waals surface area contributed by atoms with Crippen molar-refractivity contribution in [2.75, 3.05) is 0 Å². The van der Waals surface area contributed by atoms with Crippen LogP contribution in [0.5, 0.6) is 0 Å². The van der Waals surface area contributed by atoms with Crippen LogP contribution in [0.15, 0.2) is 42.5 Å². The summed E-state index contributed by atoms with van der Waals surface area (Å²) in [5, 5.41) is 12.2. The standard InChI is InChI=1S/C10H7NO2.Fe/c12-11(13)10-7-3-5-8-4-1-2-6-9(8)10;/h1-7H;. The van der Waals surface area contributed by atoms with Crippen molar-refractivity contribution in [3.05, 3.63) is 52.6 Å². The predicted octanol–water partition coefficient (Wildman–Crippen LogP) is 2.75. The first-order valence-electron chi connectivity index (χ1n) is 3.91. The minimum atomic E-state index is -0.359. The van der Waals surface area contributed by atoms with E-state index in [1.54, 1.807) is 18.2 Å². The van der Waals surface area contributed by atoms with Gasteiger partial charge in [-0.1, -0.05) is 30.3 Å². The third kappa shape index (κ3) is 1.76. The summed E-state index contributed by atoms with van der Waals surface area (Å²) in [5.41, 5.74) is 0.165. The van der Waals surface area contributed by atoms with E-state index in [2.05, 4.69) is 0 Å². The minimum Gasteiger partial charge on any atom is -0.258 e. The van der Waals surface area contributed by atoms with Crippen molar-refractivity contribution in [3.63, 3.8) is 0 Å². The van der Waals surface area contributed by atoms with Gasteiger partial charge in [0.25, 0.3) is 5.69 Å². The number of nitro groups is 1. The molecule has 0 aliphatic carbocycles. The van der Waals surface area contributed by atoms with Gasteiger partial charge in [-0.2, -0.15) is 0 Å². The predicted molar refractivity (Wildman–Crippen MR) is 50.6 cm³/mol. The zero-order valence-corrected chi connectivity index (χ0v) is 8.26. The van der Waals surface area contributed by atoms with Crippen LogP contribution in [0.4, 0.5) is 5.69 Å². The smallest absolute Gasteiger partial charge is 0.258 e. The summed E-state index contributed by atoms with van der Waals surface area (Å²) in [7, 11) is 0. The van der Waals surface area contributed by atoms with E-state index < -0.39 is 0 Å². The topological polar surface area (TPSA) is 43.1 Å². The molecule has 72 valence electrons. The van der Waals surface area contributed by atoms with Crippen molar-refractivity contribution >= 4 is 16.5 Å².